The van der Waals surface area contributed by atoms with E-state index in [4.69, 9.17) is 0 Å². The number of aliphatic hydroxyl groups excluding tert-OH is 1. The first-order chi connectivity index (χ1) is 9.02. The second kappa shape index (κ2) is 5.93. The molecule has 3 heteroatoms. The molecule has 0 spiro atoms. The summed E-state index contributed by atoms with van der Waals surface area (Å²) in [6.07, 6.45) is 1.12. The number of hydrogen-bond donors (Lipinski definition) is 2. The predicted molar refractivity (Wildman–Crippen MR) is 80.8 cm³/mol. The zero-order valence-electron chi connectivity index (χ0n) is 12.3. The maximum Gasteiger partial charge on any atom is 0.0647 e. The van der Waals surface area contributed by atoms with E-state index in [1.165, 1.54) is 11.3 Å². The van der Waals surface area contributed by atoms with Crippen molar-refractivity contribution in [1.29, 1.82) is 0 Å². The van der Waals surface area contributed by atoms with E-state index in [-0.39, 0.29) is 18.1 Å². The van der Waals surface area contributed by atoms with Crippen LogP contribution in [0.1, 0.15) is 32.8 Å². The van der Waals surface area contributed by atoms with Gasteiger partial charge in [-0.2, -0.15) is 0 Å². The van der Waals surface area contributed by atoms with Gasteiger partial charge in [0, 0.05) is 18.8 Å². The average Bonchev–Trinajstić information content (AvgIpc) is 2.62. The number of benzene rings is 1. The fourth-order valence-corrected chi connectivity index (χ4v) is 2.59. The fourth-order valence-electron chi connectivity index (χ4n) is 2.59. The first-order valence-corrected chi connectivity index (χ1v) is 7.21. The third-order valence-corrected chi connectivity index (χ3v) is 3.85. The van der Waals surface area contributed by atoms with Gasteiger partial charge in [0.25, 0.3) is 0 Å². The third kappa shape index (κ3) is 3.48. The normalized spacial score (nSPS) is 21.3. The highest BCUT2D eigenvalue weighted by atomic mass is 16.3. The van der Waals surface area contributed by atoms with Gasteiger partial charge in [-0.25, -0.2) is 0 Å². The van der Waals surface area contributed by atoms with E-state index >= 15 is 0 Å². The summed E-state index contributed by atoms with van der Waals surface area (Å²) in [5.41, 5.74) is 2.76. The Labute approximate surface area is 116 Å². The topological polar surface area (TPSA) is 35.5 Å². The molecule has 1 fully saturated rings. The largest absolute Gasteiger partial charge is 0.394 e. The minimum Gasteiger partial charge on any atom is -0.394 e. The molecule has 0 bridgehead atoms. The van der Waals surface area contributed by atoms with Crippen molar-refractivity contribution in [3.8, 4) is 0 Å². The Morgan fingerprint density at radius 1 is 1.26 bits per heavy atom. The van der Waals surface area contributed by atoms with Crippen molar-refractivity contribution >= 4 is 5.69 Å². The molecule has 1 unspecified atom stereocenters. The van der Waals surface area contributed by atoms with Crippen molar-refractivity contribution in [3.63, 3.8) is 0 Å². The number of anilines is 1. The van der Waals surface area contributed by atoms with Gasteiger partial charge in [0.15, 0.2) is 0 Å². The second-order valence-corrected chi connectivity index (χ2v) is 6.38. The molecule has 0 radical (unpaired) electrons. The number of hydrogen-bond acceptors (Lipinski definition) is 3. The van der Waals surface area contributed by atoms with Crippen LogP contribution in [0.4, 0.5) is 5.69 Å². The Kier molecular flexibility index (Phi) is 4.48. The van der Waals surface area contributed by atoms with E-state index < -0.39 is 0 Å². The highest BCUT2D eigenvalue weighted by molar-refractivity contribution is 5.49. The van der Waals surface area contributed by atoms with Crippen molar-refractivity contribution in [2.24, 2.45) is 0 Å². The van der Waals surface area contributed by atoms with Crippen LogP contribution in [0.2, 0.25) is 0 Å². The van der Waals surface area contributed by atoms with E-state index in [9.17, 15) is 5.11 Å². The SMILES string of the molecule is CC(C)(C)c1ccc(N2CCCNCC2CO)cc1. The van der Waals surface area contributed by atoms with Crippen LogP contribution in [0.25, 0.3) is 0 Å². The summed E-state index contributed by atoms with van der Waals surface area (Å²) < 4.78 is 0. The molecule has 0 aromatic heterocycles. The lowest BCUT2D eigenvalue weighted by molar-refractivity contribution is 0.260. The number of aliphatic hydroxyl groups is 1. The average molecular weight is 262 g/mol. The summed E-state index contributed by atoms with van der Waals surface area (Å²) in [6.45, 7) is 9.79. The Hall–Kier alpha value is -1.06. The van der Waals surface area contributed by atoms with Crippen molar-refractivity contribution in [2.75, 3.05) is 31.1 Å². The van der Waals surface area contributed by atoms with Crippen LogP contribution in [-0.2, 0) is 5.41 Å². The molecular weight excluding hydrogens is 236 g/mol. The van der Waals surface area contributed by atoms with Gasteiger partial charge in [-0.15, -0.1) is 0 Å². The quantitative estimate of drug-likeness (QED) is 0.857. The fraction of sp³-hybridized carbons (Fsp3) is 0.625. The molecule has 1 aliphatic rings. The molecule has 3 nitrogen and oxygen atoms in total. The van der Waals surface area contributed by atoms with Crippen LogP contribution < -0.4 is 10.2 Å². The highest BCUT2D eigenvalue weighted by Gasteiger charge is 2.21. The summed E-state index contributed by atoms with van der Waals surface area (Å²) in [4.78, 5) is 2.33. The number of rotatable bonds is 2. The minimum absolute atomic E-state index is 0.183. The van der Waals surface area contributed by atoms with E-state index in [0.717, 1.165) is 26.1 Å². The highest BCUT2D eigenvalue weighted by Crippen LogP contribution is 2.26. The molecule has 106 valence electrons. The van der Waals surface area contributed by atoms with Gasteiger partial charge in [-0.05, 0) is 36.1 Å². The summed E-state index contributed by atoms with van der Waals surface area (Å²) >= 11 is 0. The molecule has 0 aliphatic carbocycles. The van der Waals surface area contributed by atoms with Crippen LogP contribution in [0, 0.1) is 0 Å². The van der Waals surface area contributed by atoms with Gasteiger partial charge >= 0.3 is 0 Å². The zero-order chi connectivity index (χ0) is 13.9. The second-order valence-electron chi connectivity index (χ2n) is 6.38. The summed E-state index contributed by atoms with van der Waals surface area (Å²) in [5.74, 6) is 0. The molecule has 1 aromatic rings. The number of nitrogens with one attached hydrogen (secondary N) is 1. The Balaban J connectivity index is 2.19. The van der Waals surface area contributed by atoms with Gasteiger partial charge in [0.05, 0.1) is 12.6 Å². The van der Waals surface area contributed by atoms with Crippen LogP contribution in [-0.4, -0.2) is 37.4 Å². The molecule has 1 saturated heterocycles. The lowest BCUT2D eigenvalue weighted by atomic mass is 9.87. The van der Waals surface area contributed by atoms with Gasteiger partial charge in [0.1, 0.15) is 0 Å². The van der Waals surface area contributed by atoms with Crippen molar-refractivity contribution in [2.45, 2.75) is 38.6 Å². The first-order valence-electron chi connectivity index (χ1n) is 7.21. The molecule has 2 N–H and O–H groups in total. The zero-order valence-corrected chi connectivity index (χ0v) is 12.3. The van der Waals surface area contributed by atoms with Crippen LogP contribution in [0.5, 0.6) is 0 Å². The molecule has 19 heavy (non-hydrogen) atoms. The molecule has 1 aromatic carbocycles. The van der Waals surface area contributed by atoms with E-state index in [2.05, 4.69) is 55.3 Å². The molecule has 1 heterocycles. The van der Waals surface area contributed by atoms with Gasteiger partial charge < -0.3 is 15.3 Å². The standard InChI is InChI=1S/C16H26N2O/c1-16(2,3)13-5-7-14(8-6-13)18-10-4-9-17-11-15(18)12-19/h5-8,15,17,19H,4,9-12H2,1-3H3. The van der Waals surface area contributed by atoms with Crippen LogP contribution in [0.3, 0.4) is 0 Å². The van der Waals surface area contributed by atoms with Crippen molar-refractivity contribution in [1.82, 2.24) is 5.32 Å². The van der Waals surface area contributed by atoms with E-state index in [1.807, 2.05) is 0 Å². The van der Waals surface area contributed by atoms with Crippen LogP contribution in [0.15, 0.2) is 24.3 Å². The van der Waals surface area contributed by atoms with Crippen molar-refractivity contribution in [3.05, 3.63) is 29.8 Å². The summed E-state index contributed by atoms with van der Waals surface area (Å²) in [5, 5.41) is 12.9. The maximum absolute atomic E-state index is 9.55. The molecule has 0 saturated carbocycles. The summed E-state index contributed by atoms with van der Waals surface area (Å²) in [6, 6.07) is 8.98. The third-order valence-electron chi connectivity index (χ3n) is 3.85. The Bertz CT molecular complexity index is 394. The Morgan fingerprint density at radius 3 is 2.53 bits per heavy atom. The Morgan fingerprint density at radius 2 is 1.95 bits per heavy atom. The molecule has 0 amide bonds. The lowest BCUT2D eigenvalue weighted by Gasteiger charge is -2.31. The monoisotopic (exact) mass is 262 g/mol. The maximum atomic E-state index is 9.55. The van der Waals surface area contributed by atoms with E-state index in [1.54, 1.807) is 0 Å². The lowest BCUT2D eigenvalue weighted by Crippen LogP contribution is -2.42. The molecule has 2 rings (SSSR count). The predicted octanol–water partition coefficient (Wildman–Crippen LogP) is 2.14. The number of nitrogens with zero attached hydrogens (tertiary/aromatic N) is 1. The van der Waals surface area contributed by atoms with E-state index in [0.29, 0.717) is 0 Å². The van der Waals surface area contributed by atoms with Gasteiger partial charge in [0.2, 0.25) is 0 Å². The van der Waals surface area contributed by atoms with Gasteiger partial charge in [-0.3, -0.25) is 0 Å². The minimum atomic E-state index is 0.183. The summed E-state index contributed by atoms with van der Waals surface area (Å²) in [7, 11) is 0. The van der Waals surface area contributed by atoms with Gasteiger partial charge in [-0.1, -0.05) is 32.9 Å². The molecule has 1 aliphatic heterocycles. The molecule has 1 atom stereocenters. The van der Waals surface area contributed by atoms with Crippen LogP contribution >= 0.6 is 0 Å². The molecular formula is C16H26N2O. The first kappa shape index (κ1) is 14.4. The van der Waals surface area contributed by atoms with Crippen molar-refractivity contribution < 1.29 is 5.11 Å². The smallest absolute Gasteiger partial charge is 0.0647 e.